The lowest BCUT2D eigenvalue weighted by molar-refractivity contribution is -0.122. The molecule has 2 aliphatic rings. The van der Waals surface area contributed by atoms with Crippen molar-refractivity contribution in [3.63, 3.8) is 0 Å². The number of halogens is 1. The summed E-state index contributed by atoms with van der Waals surface area (Å²) in [5.74, 6) is 2.35. The first-order chi connectivity index (χ1) is 14.7. The van der Waals surface area contributed by atoms with Gasteiger partial charge in [-0.3, -0.25) is 4.79 Å². The van der Waals surface area contributed by atoms with Gasteiger partial charge in [-0.05, 0) is 51.0 Å². The number of nitrogens with two attached hydrogens (primary N) is 1. The van der Waals surface area contributed by atoms with Crippen molar-refractivity contribution in [2.24, 2.45) is 22.6 Å². The average molecular weight is 544 g/mol. The highest BCUT2D eigenvalue weighted by molar-refractivity contribution is 14.0. The number of aromatic nitrogens is 1. The van der Waals surface area contributed by atoms with Crippen LogP contribution in [-0.4, -0.2) is 56.2 Å². The summed E-state index contributed by atoms with van der Waals surface area (Å²) in [4.78, 5) is 23.0. The summed E-state index contributed by atoms with van der Waals surface area (Å²) in [5, 5.41) is 6.69. The van der Waals surface area contributed by atoms with Crippen LogP contribution in [0.5, 0.6) is 0 Å². The molecular weight excluding hydrogens is 507 g/mol. The summed E-state index contributed by atoms with van der Waals surface area (Å²) < 4.78 is 5.69. The summed E-state index contributed by atoms with van der Waals surface area (Å²) >= 11 is 0. The number of pyridine rings is 1. The molecule has 0 radical (unpaired) electrons. The van der Waals surface area contributed by atoms with E-state index in [1.165, 1.54) is 12.8 Å². The minimum absolute atomic E-state index is 0. The highest BCUT2D eigenvalue weighted by atomic mass is 127. The van der Waals surface area contributed by atoms with Crippen LogP contribution < -0.4 is 21.3 Å². The van der Waals surface area contributed by atoms with Gasteiger partial charge in [0.05, 0.1) is 6.54 Å². The predicted octanol–water partition coefficient (Wildman–Crippen LogP) is 2.27. The zero-order valence-electron chi connectivity index (χ0n) is 18.5. The van der Waals surface area contributed by atoms with Gasteiger partial charge in [0.2, 0.25) is 5.91 Å². The van der Waals surface area contributed by atoms with E-state index >= 15 is 0 Å². The number of piperidine rings is 1. The van der Waals surface area contributed by atoms with Gasteiger partial charge in [-0.25, -0.2) is 9.98 Å². The molecule has 1 saturated heterocycles. The summed E-state index contributed by atoms with van der Waals surface area (Å²) in [5.41, 5.74) is 6.54. The highest BCUT2D eigenvalue weighted by Crippen LogP contribution is 2.28. The second-order valence-electron chi connectivity index (χ2n) is 8.14. The van der Waals surface area contributed by atoms with Crippen molar-refractivity contribution in [3.8, 4) is 0 Å². The van der Waals surface area contributed by atoms with E-state index in [0.29, 0.717) is 6.54 Å². The predicted molar refractivity (Wildman–Crippen MR) is 135 cm³/mol. The van der Waals surface area contributed by atoms with Crippen molar-refractivity contribution in [2.75, 3.05) is 44.3 Å². The first kappa shape index (κ1) is 25.6. The summed E-state index contributed by atoms with van der Waals surface area (Å²) in [6, 6.07) is 4.02. The number of carbonyl (C=O) groups excluding carboxylic acids is 1. The molecule has 9 heteroatoms. The number of rotatable bonds is 11. The SMILES string of the molecule is CCNC(=NCc1cccnc1N1CCC(C(N)=O)CC1)NCCCOCC1CC1.I. The molecule has 1 aliphatic carbocycles. The number of guanidine groups is 1. The van der Waals surface area contributed by atoms with Gasteiger partial charge >= 0.3 is 0 Å². The number of aliphatic imine (C=N–C) groups is 1. The normalized spacial score (nSPS) is 17.2. The Balaban J connectivity index is 0.00000341. The molecule has 0 spiro atoms. The van der Waals surface area contributed by atoms with Gasteiger partial charge in [0, 0.05) is 57.1 Å². The van der Waals surface area contributed by atoms with Crippen molar-refractivity contribution in [2.45, 2.75) is 45.6 Å². The zero-order chi connectivity index (χ0) is 21.2. The maximum atomic E-state index is 11.4. The zero-order valence-corrected chi connectivity index (χ0v) is 20.8. The first-order valence-electron chi connectivity index (χ1n) is 11.3. The Bertz CT molecular complexity index is 705. The smallest absolute Gasteiger partial charge is 0.220 e. The van der Waals surface area contributed by atoms with Crippen LogP contribution in [0.3, 0.4) is 0 Å². The largest absolute Gasteiger partial charge is 0.381 e. The monoisotopic (exact) mass is 544 g/mol. The number of primary amides is 1. The van der Waals surface area contributed by atoms with Gasteiger partial charge in [0.1, 0.15) is 5.82 Å². The molecule has 4 N–H and O–H groups in total. The third-order valence-corrected chi connectivity index (χ3v) is 5.62. The highest BCUT2D eigenvalue weighted by Gasteiger charge is 2.25. The molecule has 0 aromatic carbocycles. The van der Waals surface area contributed by atoms with Crippen LogP contribution in [0, 0.1) is 11.8 Å². The maximum Gasteiger partial charge on any atom is 0.220 e. The number of amides is 1. The molecular formula is C22H37IN6O2. The molecule has 1 saturated carbocycles. The Hall–Kier alpha value is -1.62. The number of nitrogens with zero attached hydrogens (tertiary/aromatic N) is 3. The van der Waals surface area contributed by atoms with Crippen LogP contribution in [0.2, 0.25) is 0 Å². The van der Waals surface area contributed by atoms with Crippen molar-refractivity contribution >= 4 is 41.7 Å². The molecule has 2 heterocycles. The lowest BCUT2D eigenvalue weighted by Crippen LogP contribution is -2.39. The number of hydrogen-bond acceptors (Lipinski definition) is 5. The van der Waals surface area contributed by atoms with Crippen LogP contribution in [0.15, 0.2) is 23.3 Å². The fourth-order valence-corrected chi connectivity index (χ4v) is 3.64. The minimum Gasteiger partial charge on any atom is -0.381 e. The topological polar surface area (TPSA) is 105 Å². The Labute approximate surface area is 202 Å². The molecule has 0 bridgehead atoms. The first-order valence-corrected chi connectivity index (χ1v) is 11.3. The molecule has 8 nitrogen and oxygen atoms in total. The molecule has 1 aromatic rings. The van der Waals surface area contributed by atoms with Crippen LogP contribution in [-0.2, 0) is 16.1 Å². The summed E-state index contributed by atoms with van der Waals surface area (Å²) in [6.07, 6.45) is 6.99. The van der Waals surface area contributed by atoms with E-state index in [1.807, 2.05) is 12.3 Å². The van der Waals surface area contributed by atoms with Crippen LogP contribution in [0.1, 0.15) is 44.6 Å². The lowest BCUT2D eigenvalue weighted by atomic mass is 9.96. The molecule has 1 aromatic heterocycles. The van der Waals surface area contributed by atoms with Crippen molar-refractivity contribution < 1.29 is 9.53 Å². The summed E-state index contributed by atoms with van der Waals surface area (Å²) in [7, 11) is 0. The third-order valence-electron chi connectivity index (χ3n) is 5.62. The van der Waals surface area contributed by atoms with E-state index in [4.69, 9.17) is 15.5 Å². The fraction of sp³-hybridized carbons (Fsp3) is 0.682. The molecule has 2 fully saturated rings. The van der Waals surface area contributed by atoms with Crippen LogP contribution in [0.4, 0.5) is 5.82 Å². The van der Waals surface area contributed by atoms with Gasteiger partial charge in [-0.15, -0.1) is 24.0 Å². The summed E-state index contributed by atoms with van der Waals surface area (Å²) in [6.45, 7) is 7.54. The van der Waals surface area contributed by atoms with E-state index < -0.39 is 0 Å². The van der Waals surface area contributed by atoms with E-state index in [9.17, 15) is 4.79 Å². The molecule has 31 heavy (non-hydrogen) atoms. The Morgan fingerprint density at radius 3 is 2.74 bits per heavy atom. The molecule has 174 valence electrons. The van der Waals surface area contributed by atoms with E-state index in [-0.39, 0.29) is 35.8 Å². The number of hydrogen-bond donors (Lipinski definition) is 3. The second-order valence-corrected chi connectivity index (χ2v) is 8.14. The van der Waals surface area contributed by atoms with Crippen molar-refractivity contribution in [1.82, 2.24) is 15.6 Å². The molecule has 1 amide bonds. The fourth-order valence-electron chi connectivity index (χ4n) is 3.64. The molecule has 3 rings (SSSR count). The number of ether oxygens (including phenoxy) is 1. The van der Waals surface area contributed by atoms with E-state index in [2.05, 4.69) is 33.5 Å². The molecule has 0 unspecified atom stereocenters. The van der Waals surface area contributed by atoms with Gasteiger partial charge in [-0.2, -0.15) is 0 Å². The van der Waals surface area contributed by atoms with Gasteiger partial charge in [-0.1, -0.05) is 6.07 Å². The lowest BCUT2D eigenvalue weighted by Gasteiger charge is -2.32. The number of nitrogens with one attached hydrogen (secondary N) is 2. The third kappa shape index (κ3) is 8.80. The average Bonchev–Trinajstić information content (AvgIpc) is 3.59. The van der Waals surface area contributed by atoms with Gasteiger partial charge < -0.3 is 26.0 Å². The van der Waals surface area contributed by atoms with Crippen LogP contribution >= 0.6 is 24.0 Å². The Morgan fingerprint density at radius 1 is 1.29 bits per heavy atom. The van der Waals surface area contributed by atoms with Gasteiger partial charge in [0.15, 0.2) is 5.96 Å². The number of carbonyl (C=O) groups is 1. The van der Waals surface area contributed by atoms with Crippen LogP contribution in [0.25, 0.3) is 0 Å². The quantitative estimate of drug-likeness (QED) is 0.171. The maximum absolute atomic E-state index is 11.4. The minimum atomic E-state index is -0.195. The molecule has 1 aliphatic heterocycles. The van der Waals surface area contributed by atoms with Crippen molar-refractivity contribution in [3.05, 3.63) is 23.9 Å². The van der Waals surface area contributed by atoms with Gasteiger partial charge in [0.25, 0.3) is 0 Å². The second kappa shape index (κ2) is 13.7. The Morgan fingerprint density at radius 2 is 2.06 bits per heavy atom. The Kier molecular flexibility index (Phi) is 11.3. The number of anilines is 1. The van der Waals surface area contributed by atoms with E-state index in [1.54, 1.807) is 0 Å². The van der Waals surface area contributed by atoms with Crippen molar-refractivity contribution in [1.29, 1.82) is 0 Å². The van der Waals surface area contributed by atoms with E-state index in [0.717, 1.165) is 81.9 Å². The molecule has 0 atom stereocenters. The standard InChI is InChI=1S/C22H36N6O2.HI/c1-2-24-22(26-11-4-14-30-16-17-6-7-17)27-15-19-5-3-10-25-21(19)28-12-8-18(9-13-28)20(23)29;/h3,5,10,17-18H,2,4,6-9,11-16H2,1H3,(H2,23,29)(H2,24,26,27);1H.